The predicted molar refractivity (Wildman–Crippen MR) is 57.9 cm³/mol. The summed E-state index contributed by atoms with van der Waals surface area (Å²) in [6, 6.07) is 5.43. The van der Waals surface area contributed by atoms with Crippen molar-refractivity contribution in [3.8, 4) is 0 Å². The summed E-state index contributed by atoms with van der Waals surface area (Å²) in [5.41, 5.74) is 2.08. The molecule has 0 spiro atoms. The van der Waals surface area contributed by atoms with Crippen LogP contribution in [0.4, 0.5) is 5.69 Å². The van der Waals surface area contributed by atoms with Crippen molar-refractivity contribution >= 4 is 34.2 Å². The molecule has 13 heavy (non-hydrogen) atoms. The van der Waals surface area contributed by atoms with Gasteiger partial charge in [-0.2, -0.15) is 0 Å². The third-order valence-corrected chi connectivity index (χ3v) is 3.04. The van der Waals surface area contributed by atoms with E-state index in [1.165, 1.54) is 0 Å². The van der Waals surface area contributed by atoms with Gasteiger partial charge in [0.15, 0.2) is 0 Å². The van der Waals surface area contributed by atoms with Gasteiger partial charge in [0.1, 0.15) is 6.04 Å². The maximum Gasteiger partial charge on any atom is 0.326 e. The van der Waals surface area contributed by atoms with Crippen LogP contribution in [0.1, 0.15) is 5.56 Å². The molecule has 0 aromatic heterocycles. The summed E-state index contributed by atoms with van der Waals surface area (Å²) in [7, 11) is 0. The van der Waals surface area contributed by atoms with Crippen LogP contribution in [0.15, 0.2) is 18.2 Å². The second-order valence-corrected chi connectivity index (χ2v) is 4.18. The number of fused-ring (bicyclic) bond motifs is 1. The van der Waals surface area contributed by atoms with Gasteiger partial charge in [0, 0.05) is 9.99 Å². The zero-order valence-electron chi connectivity index (χ0n) is 6.75. The third kappa shape index (κ3) is 1.50. The number of carboxylic acid groups (broad SMARTS) is 1. The van der Waals surface area contributed by atoms with E-state index < -0.39 is 12.0 Å². The lowest BCUT2D eigenvalue weighted by Crippen LogP contribution is -2.26. The first-order chi connectivity index (χ1) is 6.18. The second kappa shape index (κ2) is 3.17. The number of carbonyl (C=O) groups is 1. The molecule has 0 saturated heterocycles. The molecule has 1 heterocycles. The molecule has 1 aromatic rings. The zero-order valence-corrected chi connectivity index (χ0v) is 8.91. The molecule has 0 bridgehead atoms. The van der Waals surface area contributed by atoms with Crippen molar-refractivity contribution < 1.29 is 9.90 Å². The number of halogens is 1. The highest BCUT2D eigenvalue weighted by atomic mass is 127. The quantitative estimate of drug-likeness (QED) is 0.774. The van der Waals surface area contributed by atoms with Gasteiger partial charge in [0.2, 0.25) is 0 Å². The van der Waals surface area contributed by atoms with Gasteiger partial charge < -0.3 is 10.4 Å². The molecule has 4 heteroatoms. The topological polar surface area (TPSA) is 49.3 Å². The van der Waals surface area contributed by atoms with Crippen LogP contribution in [-0.2, 0) is 11.2 Å². The molecule has 2 rings (SSSR count). The highest BCUT2D eigenvalue weighted by Crippen LogP contribution is 2.30. The van der Waals surface area contributed by atoms with Crippen LogP contribution in [0.25, 0.3) is 0 Å². The summed E-state index contributed by atoms with van der Waals surface area (Å²) in [5.74, 6) is -0.785. The number of anilines is 1. The largest absolute Gasteiger partial charge is 0.480 e. The van der Waals surface area contributed by atoms with Crippen molar-refractivity contribution in [1.82, 2.24) is 0 Å². The second-order valence-electron chi connectivity index (χ2n) is 3.01. The van der Waals surface area contributed by atoms with E-state index in [0.29, 0.717) is 6.42 Å². The summed E-state index contributed by atoms with van der Waals surface area (Å²) in [6.45, 7) is 0. The number of carboxylic acids is 1. The molecule has 0 unspecified atom stereocenters. The van der Waals surface area contributed by atoms with Crippen molar-refractivity contribution in [3.63, 3.8) is 0 Å². The summed E-state index contributed by atoms with van der Waals surface area (Å²) >= 11 is 2.20. The van der Waals surface area contributed by atoms with E-state index in [4.69, 9.17) is 5.11 Å². The Bertz CT molecular complexity index is 365. The van der Waals surface area contributed by atoms with Crippen molar-refractivity contribution in [2.24, 2.45) is 0 Å². The Hall–Kier alpha value is -0.780. The molecule has 1 atom stereocenters. The van der Waals surface area contributed by atoms with Crippen LogP contribution in [0.3, 0.4) is 0 Å². The van der Waals surface area contributed by atoms with Gasteiger partial charge in [-0.1, -0.05) is 12.1 Å². The van der Waals surface area contributed by atoms with Crippen molar-refractivity contribution in [1.29, 1.82) is 0 Å². The molecular formula is C9H8INO2. The first-order valence-corrected chi connectivity index (χ1v) is 5.03. The molecule has 0 aliphatic carbocycles. The average molecular weight is 289 g/mol. The molecule has 1 aliphatic rings. The normalized spacial score (nSPS) is 19.3. The standard InChI is InChI=1S/C9H8INO2/c10-6-3-1-2-5-4-7(9(12)13)11-8(5)6/h1-3,7,11H,4H2,(H,12,13)/t7-/m1/s1. The number of hydrogen-bond donors (Lipinski definition) is 2. The molecule has 0 radical (unpaired) electrons. The van der Waals surface area contributed by atoms with Gasteiger partial charge in [-0.3, -0.25) is 0 Å². The smallest absolute Gasteiger partial charge is 0.326 e. The van der Waals surface area contributed by atoms with E-state index in [2.05, 4.69) is 27.9 Å². The van der Waals surface area contributed by atoms with E-state index in [9.17, 15) is 4.79 Å². The minimum Gasteiger partial charge on any atom is -0.480 e. The fourth-order valence-corrected chi connectivity index (χ4v) is 2.20. The lowest BCUT2D eigenvalue weighted by Gasteiger charge is -2.05. The Kier molecular flexibility index (Phi) is 2.15. The van der Waals surface area contributed by atoms with Crippen LogP contribution in [-0.4, -0.2) is 17.1 Å². The molecule has 0 amide bonds. The van der Waals surface area contributed by atoms with Gasteiger partial charge in [-0.05, 0) is 34.2 Å². The minimum absolute atomic E-state index is 0.453. The summed E-state index contributed by atoms with van der Waals surface area (Å²) in [5, 5.41) is 11.8. The SMILES string of the molecule is O=C(O)[C@H]1Cc2cccc(I)c2N1. The van der Waals surface area contributed by atoms with Crippen LogP contribution in [0, 0.1) is 3.57 Å². The Balaban J connectivity index is 2.35. The van der Waals surface area contributed by atoms with E-state index >= 15 is 0 Å². The average Bonchev–Trinajstić information content (AvgIpc) is 2.49. The highest BCUT2D eigenvalue weighted by molar-refractivity contribution is 14.1. The molecular weight excluding hydrogens is 281 g/mol. The Labute approximate surface area is 89.3 Å². The molecule has 2 N–H and O–H groups in total. The van der Waals surface area contributed by atoms with E-state index in [0.717, 1.165) is 14.8 Å². The first kappa shape index (κ1) is 8.80. The van der Waals surface area contributed by atoms with Gasteiger partial charge >= 0.3 is 5.97 Å². The number of nitrogens with one attached hydrogen (secondary N) is 1. The number of benzene rings is 1. The van der Waals surface area contributed by atoms with Crippen LogP contribution in [0.5, 0.6) is 0 Å². The fraction of sp³-hybridized carbons (Fsp3) is 0.222. The van der Waals surface area contributed by atoms with Gasteiger partial charge in [-0.25, -0.2) is 4.79 Å². The highest BCUT2D eigenvalue weighted by Gasteiger charge is 2.27. The molecule has 1 aliphatic heterocycles. The van der Waals surface area contributed by atoms with E-state index in [1.807, 2.05) is 18.2 Å². The van der Waals surface area contributed by atoms with Crippen molar-refractivity contribution in [3.05, 3.63) is 27.3 Å². The van der Waals surface area contributed by atoms with Gasteiger partial charge in [0.05, 0.1) is 5.69 Å². The Morgan fingerprint density at radius 3 is 3.00 bits per heavy atom. The lowest BCUT2D eigenvalue weighted by atomic mass is 10.1. The van der Waals surface area contributed by atoms with Crippen molar-refractivity contribution in [2.75, 3.05) is 5.32 Å². The zero-order chi connectivity index (χ0) is 9.42. The monoisotopic (exact) mass is 289 g/mol. The first-order valence-electron chi connectivity index (χ1n) is 3.95. The number of hydrogen-bond acceptors (Lipinski definition) is 2. The van der Waals surface area contributed by atoms with Crippen LogP contribution in [0.2, 0.25) is 0 Å². The molecule has 1 aromatic carbocycles. The molecule has 3 nitrogen and oxygen atoms in total. The van der Waals surface area contributed by atoms with Crippen molar-refractivity contribution in [2.45, 2.75) is 12.5 Å². The third-order valence-electron chi connectivity index (χ3n) is 2.14. The molecule has 0 saturated carbocycles. The minimum atomic E-state index is -0.785. The fourth-order valence-electron chi connectivity index (χ4n) is 1.49. The lowest BCUT2D eigenvalue weighted by molar-refractivity contribution is -0.137. The summed E-state index contributed by atoms with van der Waals surface area (Å²) in [6.07, 6.45) is 0.585. The summed E-state index contributed by atoms with van der Waals surface area (Å²) in [4.78, 5) is 10.7. The van der Waals surface area contributed by atoms with Gasteiger partial charge in [0.25, 0.3) is 0 Å². The number of para-hydroxylation sites is 1. The number of aliphatic carboxylic acids is 1. The summed E-state index contributed by atoms with van der Waals surface area (Å²) < 4.78 is 1.08. The maximum absolute atomic E-state index is 10.7. The molecule has 68 valence electrons. The van der Waals surface area contributed by atoms with E-state index in [1.54, 1.807) is 0 Å². The Morgan fingerprint density at radius 2 is 2.38 bits per heavy atom. The van der Waals surface area contributed by atoms with E-state index in [-0.39, 0.29) is 0 Å². The van der Waals surface area contributed by atoms with Crippen LogP contribution >= 0.6 is 22.6 Å². The predicted octanol–water partition coefficient (Wildman–Crippen LogP) is 1.71. The number of rotatable bonds is 1. The van der Waals surface area contributed by atoms with Gasteiger partial charge in [-0.15, -0.1) is 0 Å². The Morgan fingerprint density at radius 1 is 1.62 bits per heavy atom. The maximum atomic E-state index is 10.7. The molecule has 0 fully saturated rings. The van der Waals surface area contributed by atoms with Crippen LogP contribution < -0.4 is 5.32 Å².